The summed E-state index contributed by atoms with van der Waals surface area (Å²) in [7, 11) is 0. The summed E-state index contributed by atoms with van der Waals surface area (Å²) >= 11 is 1.96. The molecule has 0 fully saturated rings. The molecular weight excluding hydrogens is 529 g/mol. The van der Waals surface area contributed by atoms with Crippen molar-refractivity contribution in [2.24, 2.45) is 0 Å². The van der Waals surface area contributed by atoms with Crippen molar-refractivity contribution in [2.75, 3.05) is 0 Å². The molecule has 0 saturated heterocycles. The Hall–Kier alpha value is -3.92. The molecule has 0 bridgehead atoms. The molecule has 4 aromatic rings. The third-order valence-electron chi connectivity index (χ3n) is 4.22. The maximum Gasteiger partial charge on any atom is 0.278 e. The molecule has 0 unspecified atom stereocenters. The van der Waals surface area contributed by atoms with E-state index in [1.54, 1.807) is 18.2 Å². The Labute approximate surface area is 202 Å². The molecule has 0 aliphatic carbocycles. The first-order valence-corrected chi connectivity index (χ1v) is 11.8. The zero-order valence-electron chi connectivity index (χ0n) is 16.0. The Morgan fingerprint density at radius 2 is 1.24 bits per heavy atom. The minimum Gasteiger partial charge on any atom is -0.225 e. The number of thiophene rings is 2. The number of rotatable bonds is 2. The van der Waals surface area contributed by atoms with E-state index in [2.05, 4.69) is 14.8 Å². The Kier molecular flexibility index (Phi) is 6.25. The zero-order valence-corrected chi connectivity index (χ0v) is 19.2. The molecule has 0 saturated carbocycles. The van der Waals surface area contributed by atoms with Gasteiger partial charge in [0.2, 0.25) is 10.3 Å². The average Bonchev–Trinajstić information content (AvgIpc) is 3.55. The summed E-state index contributed by atoms with van der Waals surface area (Å²) in [6.45, 7) is 7.20. The fourth-order valence-electron chi connectivity index (χ4n) is 2.87. The van der Waals surface area contributed by atoms with Gasteiger partial charge in [0.15, 0.2) is 0 Å². The normalized spacial score (nSPS) is 12.4. The standard InChI is InChI=1S/C20H2F4N6S4/c1-28-10(6-27)12-3-9(14-18(22)34-20(24)30-14)16(32-12)15-8(13-17(21)33-19(23)29-13)2-11(31-15)7(4-25)5-26/h2-3H/b12-10+,16-15+. The van der Waals surface area contributed by atoms with Crippen LogP contribution in [0.4, 0.5) is 17.6 Å². The molecule has 0 atom stereocenters. The molecule has 4 heterocycles. The van der Waals surface area contributed by atoms with Gasteiger partial charge in [-0.3, -0.25) is 0 Å². The highest BCUT2D eigenvalue weighted by atomic mass is 32.1. The molecule has 164 valence electrons. The van der Waals surface area contributed by atoms with Crippen molar-refractivity contribution >= 4 is 56.6 Å². The molecule has 0 spiro atoms. The van der Waals surface area contributed by atoms with Gasteiger partial charge in [-0.2, -0.15) is 28.1 Å². The minimum absolute atomic E-state index is 0.00437. The van der Waals surface area contributed by atoms with E-state index in [9.17, 15) is 33.3 Å². The summed E-state index contributed by atoms with van der Waals surface area (Å²) in [6, 6.07) is 7.67. The molecule has 0 aliphatic heterocycles. The summed E-state index contributed by atoms with van der Waals surface area (Å²) in [5.41, 5.74) is -1.47. The lowest BCUT2D eigenvalue weighted by Crippen LogP contribution is -1.95. The lowest BCUT2D eigenvalue weighted by atomic mass is 10.2. The van der Waals surface area contributed by atoms with Crippen LogP contribution in [0.2, 0.25) is 0 Å². The Balaban J connectivity index is 2.34. The van der Waals surface area contributed by atoms with Crippen LogP contribution in [0.25, 0.3) is 38.6 Å². The van der Waals surface area contributed by atoms with Gasteiger partial charge in [-0.25, -0.2) is 20.1 Å². The average molecular weight is 531 g/mol. The van der Waals surface area contributed by atoms with Crippen molar-refractivity contribution in [3.8, 4) is 40.7 Å². The number of nitriles is 3. The molecular formula is C20H2F4N6S4. The largest absolute Gasteiger partial charge is 0.278 e. The van der Waals surface area contributed by atoms with Gasteiger partial charge in [0.05, 0.1) is 26.2 Å². The van der Waals surface area contributed by atoms with Crippen LogP contribution < -0.4 is 9.06 Å². The van der Waals surface area contributed by atoms with Crippen LogP contribution in [-0.4, -0.2) is 9.97 Å². The topological polar surface area (TPSA) is 102 Å². The second-order valence-corrected chi connectivity index (χ2v) is 9.96. The van der Waals surface area contributed by atoms with E-state index in [1.807, 2.05) is 0 Å². The van der Waals surface area contributed by atoms with Crippen molar-refractivity contribution in [1.29, 1.82) is 15.8 Å². The lowest BCUT2D eigenvalue weighted by Gasteiger charge is -1.94. The second-order valence-electron chi connectivity index (χ2n) is 6.06. The smallest absolute Gasteiger partial charge is 0.225 e. The second kappa shape index (κ2) is 9.14. The lowest BCUT2D eigenvalue weighted by molar-refractivity contribution is 0.617. The van der Waals surface area contributed by atoms with E-state index in [0.717, 1.165) is 22.7 Å². The molecule has 34 heavy (non-hydrogen) atoms. The quantitative estimate of drug-likeness (QED) is 0.277. The van der Waals surface area contributed by atoms with Crippen LogP contribution in [0.15, 0.2) is 12.1 Å². The maximum absolute atomic E-state index is 14.5. The van der Waals surface area contributed by atoms with Crippen molar-refractivity contribution in [3.05, 3.63) is 62.5 Å². The van der Waals surface area contributed by atoms with Crippen LogP contribution in [0.1, 0.15) is 0 Å². The fourth-order valence-corrected chi connectivity index (χ4v) is 6.30. The Morgan fingerprint density at radius 3 is 1.62 bits per heavy atom. The van der Waals surface area contributed by atoms with E-state index in [-0.39, 0.29) is 63.2 Å². The summed E-state index contributed by atoms with van der Waals surface area (Å²) in [5.74, 6) is 0. The first kappa shape index (κ1) is 23.2. The monoisotopic (exact) mass is 530 g/mol. The third-order valence-corrected chi connectivity index (χ3v) is 7.94. The molecule has 14 heteroatoms. The van der Waals surface area contributed by atoms with E-state index >= 15 is 0 Å². The molecule has 0 aromatic carbocycles. The summed E-state index contributed by atoms with van der Waals surface area (Å²) in [4.78, 5) is 10.2. The molecule has 4 rings (SSSR count). The fraction of sp³-hybridized carbons (Fsp3) is 0. The highest BCUT2D eigenvalue weighted by Crippen LogP contribution is 2.33. The Bertz CT molecular complexity index is 1700. The number of halogens is 4. The van der Waals surface area contributed by atoms with Gasteiger partial charge >= 0.3 is 0 Å². The van der Waals surface area contributed by atoms with Gasteiger partial charge in [-0.15, -0.1) is 22.7 Å². The highest BCUT2D eigenvalue weighted by molar-refractivity contribution is 7.12. The number of hydrogen-bond donors (Lipinski definition) is 0. The zero-order chi connectivity index (χ0) is 24.6. The first-order chi connectivity index (χ1) is 16.3. The van der Waals surface area contributed by atoms with E-state index in [4.69, 9.17) is 6.57 Å². The van der Waals surface area contributed by atoms with Crippen molar-refractivity contribution in [3.63, 3.8) is 0 Å². The predicted molar refractivity (Wildman–Crippen MR) is 118 cm³/mol. The minimum atomic E-state index is -1.07. The van der Waals surface area contributed by atoms with Crippen LogP contribution >= 0.6 is 45.3 Å². The number of nitrogens with zero attached hydrogens (tertiary/aromatic N) is 6. The number of aromatic nitrogens is 2. The highest BCUT2D eigenvalue weighted by Gasteiger charge is 2.21. The van der Waals surface area contributed by atoms with Gasteiger partial charge < -0.3 is 0 Å². The van der Waals surface area contributed by atoms with Crippen LogP contribution in [0.3, 0.4) is 0 Å². The molecule has 0 amide bonds. The van der Waals surface area contributed by atoms with Gasteiger partial charge in [-0.1, -0.05) is 22.7 Å². The van der Waals surface area contributed by atoms with Crippen molar-refractivity contribution in [2.45, 2.75) is 0 Å². The van der Waals surface area contributed by atoms with Crippen LogP contribution in [0.5, 0.6) is 0 Å². The van der Waals surface area contributed by atoms with Crippen molar-refractivity contribution in [1.82, 2.24) is 9.97 Å². The summed E-state index contributed by atoms with van der Waals surface area (Å²) in [5, 5.41) is 23.7. The van der Waals surface area contributed by atoms with Gasteiger partial charge in [0.1, 0.15) is 29.1 Å². The van der Waals surface area contributed by atoms with E-state index < -0.39 is 32.2 Å². The molecule has 6 nitrogen and oxygen atoms in total. The van der Waals surface area contributed by atoms with Crippen LogP contribution in [0, 0.1) is 70.4 Å². The summed E-state index contributed by atoms with van der Waals surface area (Å²) < 4.78 is 56.8. The number of hydrogen-bond acceptors (Lipinski definition) is 9. The maximum atomic E-state index is 14.5. The number of thiazole rings is 2. The van der Waals surface area contributed by atoms with Crippen molar-refractivity contribution < 1.29 is 17.6 Å². The molecule has 0 aliphatic rings. The molecule has 0 N–H and O–H groups in total. The van der Waals surface area contributed by atoms with E-state index in [1.165, 1.54) is 12.1 Å². The van der Waals surface area contributed by atoms with Crippen LogP contribution in [-0.2, 0) is 0 Å². The summed E-state index contributed by atoms with van der Waals surface area (Å²) in [6.07, 6.45) is 0. The van der Waals surface area contributed by atoms with Gasteiger partial charge in [0, 0.05) is 15.7 Å². The SMILES string of the molecule is [C-]#[N+]/C(C#N)=c1\cc(-c2nc(F)sc2F)/c(=c2\sc(=C(C#N)C#N)cc2-c2nc(F)sc2F)s1. The molecule has 0 radical (unpaired) electrons. The Morgan fingerprint density at radius 1 is 0.765 bits per heavy atom. The van der Waals surface area contributed by atoms with E-state index in [0.29, 0.717) is 0 Å². The van der Waals surface area contributed by atoms with Gasteiger partial charge in [0.25, 0.3) is 16.2 Å². The predicted octanol–water partition coefficient (Wildman–Crippen LogP) is 4.65. The van der Waals surface area contributed by atoms with Gasteiger partial charge in [-0.05, 0) is 12.1 Å². The first-order valence-electron chi connectivity index (χ1n) is 8.56. The molecule has 4 aromatic heterocycles. The third kappa shape index (κ3) is 3.96.